The lowest BCUT2D eigenvalue weighted by Gasteiger charge is -2.17. The van der Waals surface area contributed by atoms with Crippen LogP contribution in [0.3, 0.4) is 0 Å². The molecule has 0 aromatic heterocycles. The summed E-state index contributed by atoms with van der Waals surface area (Å²) in [4.78, 5) is 10.9. The van der Waals surface area contributed by atoms with Crippen LogP contribution in [0.15, 0.2) is 11.8 Å². The van der Waals surface area contributed by atoms with E-state index in [9.17, 15) is 9.36 Å². The molecule has 1 aliphatic rings. The lowest BCUT2D eigenvalue weighted by atomic mass is 10.3. The molecule has 1 aliphatic carbocycles. The van der Waals surface area contributed by atoms with Gasteiger partial charge in [-0.2, -0.15) is 0 Å². The minimum Gasteiger partial charge on any atom is -0.408 e. The van der Waals surface area contributed by atoms with Gasteiger partial charge in [0.2, 0.25) is 0 Å². The van der Waals surface area contributed by atoms with E-state index >= 15 is 0 Å². The molecular weight excluding hydrogens is 219 g/mol. The highest BCUT2D eigenvalue weighted by Crippen LogP contribution is 2.52. The molecule has 1 rings (SSSR count). The number of phosphoric acid groups is 1. The first-order chi connectivity index (χ1) is 7.09. The normalized spacial score (nSPS) is 16.7. The van der Waals surface area contributed by atoms with Crippen LogP contribution in [-0.4, -0.2) is 19.0 Å². The summed E-state index contributed by atoms with van der Waals surface area (Å²) >= 11 is 0. The molecule has 0 saturated carbocycles. The molecule has 86 valence electrons. The van der Waals surface area contributed by atoms with Crippen LogP contribution in [0.5, 0.6) is 0 Å². The Bertz CT molecular complexity index is 300. The van der Waals surface area contributed by atoms with Crippen molar-refractivity contribution >= 4 is 13.6 Å². The fourth-order valence-electron chi connectivity index (χ4n) is 1.19. The number of carbonyl (C=O) groups is 1. The average molecular weight is 234 g/mol. The molecular formula is C9H15O5P. The van der Waals surface area contributed by atoms with E-state index in [0.717, 1.165) is 0 Å². The van der Waals surface area contributed by atoms with E-state index in [2.05, 4.69) is 0 Å². The lowest BCUT2D eigenvalue weighted by Crippen LogP contribution is -1.99. The van der Waals surface area contributed by atoms with Crippen LogP contribution in [-0.2, 0) is 22.9 Å². The zero-order chi connectivity index (χ0) is 11.3. The summed E-state index contributed by atoms with van der Waals surface area (Å²) in [6, 6.07) is 0. The van der Waals surface area contributed by atoms with Crippen LogP contribution in [0, 0.1) is 0 Å². The van der Waals surface area contributed by atoms with E-state index in [1.165, 1.54) is 6.08 Å². The van der Waals surface area contributed by atoms with Gasteiger partial charge in [-0.05, 0) is 13.8 Å². The molecule has 0 aliphatic heterocycles. The SMILES string of the molecule is CCOP(=O)(OCC)OC1=CC(=O)CC1. The van der Waals surface area contributed by atoms with Gasteiger partial charge in [-0.3, -0.25) is 13.8 Å². The second-order valence-corrected chi connectivity index (χ2v) is 4.54. The maximum Gasteiger partial charge on any atom is 0.529 e. The van der Waals surface area contributed by atoms with Crippen LogP contribution >= 0.6 is 7.82 Å². The zero-order valence-corrected chi connectivity index (χ0v) is 9.79. The van der Waals surface area contributed by atoms with Crippen molar-refractivity contribution in [3.05, 3.63) is 11.8 Å². The smallest absolute Gasteiger partial charge is 0.408 e. The van der Waals surface area contributed by atoms with E-state index in [0.29, 0.717) is 18.6 Å². The number of allylic oxidation sites excluding steroid dienone is 2. The summed E-state index contributed by atoms with van der Waals surface area (Å²) in [6.45, 7) is 3.86. The number of hydrogen-bond acceptors (Lipinski definition) is 5. The van der Waals surface area contributed by atoms with Gasteiger partial charge in [0.05, 0.1) is 13.2 Å². The molecule has 0 radical (unpaired) electrons. The lowest BCUT2D eigenvalue weighted by molar-refractivity contribution is -0.114. The number of ketones is 1. The second kappa shape index (κ2) is 5.45. The zero-order valence-electron chi connectivity index (χ0n) is 8.89. The molecule has 0 N–H and O–H groups in total. The van der Waals surface area contributed by atoms with Crippen LogP contribution in [0.2, 0.25) is 0 Å². The minimum atomic E-state index is -3.52. The predicted octanol–water partition coefficient (Wildman–Crippen LogP) is 2.43. The van der Waals surface area contributed by atoms with Gasteiger partial charge in [0.25, 0.3) is 0 Å². The average Bonchev–Trinajstić information content (AvgIpc) is 2.51. The molecule has 0 atom stereocenters. The minimum absolute atomic E-state index is 0.0236. The molecule has 0 amide bonds. The standard InChI is InChI=1S/C9H15O5P/c1-3-12-15(11,13-4-2)14-9-6-5-8(10)7-9/h7H,3-6H2,1-2H3. The van der Waals surface area contributed by atoms with Crippen LogP contribution in [0.1, 0.15) is 26.7 Å². The summed E-state index contributed by atoms with van der Waals surface area (Å²) in [5.41, 5.74) is 0. The van der Waals surface area contributed by atoms with Crippen LogP contribution in [0.25, 0.3) is 0 Å². The van der Waals surface area contributed by atoms with Gasteiger partial charge in [-0.1, -0.05) is 0 Å². The molecule has 15 heavy (non-hydrogen) atoms. The van der Waals surface area contributed by atoms with Gasteiger partial charge in [-0.25, -0.2) is 4.57 Å². The summed E-state index contributed by atoms with van der Waals surface area (Å²) in [6.07, 6.45) is 2.20. The molecule has 0 unspecified atom stereocenters. The van der Waals surface area contributed by atoms with Crippen LogP contribution in [0.4, 0.5) is 0 Å². The third-order valence-corrected chi connectivity index (χ3v) is 3.35. The fraction of sp³-hybridized carbons (Fsp3) is 0.667. The predicted molar refractivity (Wildman–Crippen MR) is 54.3 cm³/mol. The molecule has 6 heteroatoms. The number of rotatable bonds is 6. The number of hydrogen-bond donors (Lipinski definition) is 0. The topological polar surface area (TPSA) is 61.8 Å². The highest BCUT2D eigenvalue weighted by molar-refractivity contribution is 7.48. The Morgan fingerprint density at radius 3 is 2.27 bits per heavy atom. The van der Waals surface area contributed by atoms with Gasteiger partial charge in [0.1, 0.15) is 5.76 Å². The molecule has 0 aromatic carbocycles. The van der Waals surface area contributed by atoms with E-state index in [4.69, 9.17) is 13.6 Å². The summed E-state index contributed by atoms with van der Waals surface area (Å²) in [5.74, 6) is 0.356. The van der Waals surface area contributed by atoms with Crippen molar-refractivity contribution in [3.63, 3.8) is 0 Å². The number of phosphoric ester groups is 1. The molecule has 0 saturated heterocycles. The van der Waals surface area contributed by atoms with E-state index in [-0.39, 0.29) is 19.0 Å². The van der Waals surface area contributed by atoms with E-state index in [1.807, 2.05) is 0 Å². The van der Waals surface area contributed by atoms with Crippen molar-refractivity contribution in [3.8, 4) is 0 Å². The maximum atomic E-state index is 11.9. The van der Waals surface area contributed by atoms with Crippen LogP contribution < -0.4 is 0 Å². The summed E-state index contributed by atoms with van der Waals surface area (Å²) in [5, 5.41) is 0. The molecule has 0 heterocycles. The Hall–Kier alpha value is -0.640. The van der Waals surface area contributed by atoms with Crippen molar-refractivity contribution < 1.29 is 22.9 Å². The molecule has 5 nitrogen and oxygen atoms in total. The summed E-state index contributed by atoms with van der Waals surface area (Å²) < 4.78 is 26.8. The first kappa shape index (κ1) is 12.4. The fourth-order valence-corrected chi connectivity index (χ4v) is 2.44. The van der Waals surface area contributed by atoms with Gasteiger partial charge in [0, 0.05) is 18.9 Å². The van der Waals surface area contributed by atoms with Gasteiger partial charge >= 0.3 is 7.82 Å². The first-order valence-electron chi connectivity index (χ1n) is 4.91. The van der Waals surface area contributed by atoms with Crippen molar-refractivity contribution in [2.24, 2.45) is 0 Å². The molecule has 0 fully saturated rings. The molecule has 0 spiro atoms. The van der Waals surface area contributed by atoms with E-state index in [1.54, 1.807) is 13.8 Å². The Morgan fingerprint density at radius 2 is 1.87 bits per heavy atom. The maximum absolute atomic E-state index is 11.9. The van der Waals surface area contributed by atoms with Gasteiger partial charge in [-0.15, -0.1) is 0 Å². The van der Waals surface area contributed by atoms with Gasteiger partial charge < -0.3 is 4.52 Å². The highest BCUT2D eigenvalue weighted by Gasteiger charge is 2.29. The third kappa shape index (κ3) is 3.78. The van der Waals surface area contributed by atoms with Gasteiger partial charge in [0.15, 0.2) is 5.78 Å². The van der Waals surface area contributed by atoms with Crippen molar-refractivity contribution in [1.82, 2.24) is 0 Å². The largest absolute Gasteiger partial charge is 0.529 e. The van der Waals surface area contributed by atoms with Crippen molar-refractivity contribution in [2.45, 2.75) is 26.7 Å². The van der Waals surface area contributed by atoms with Crippen molar-refractivity contribution in [1.29, 1.82) is 0 Å². The number of carbonyl (C=O) groups excluding carboxylic acids is 1. The Kier molecular flexibility index (Phi) is 4.51. The Balaban J connectivity index is 2.62. The van der Waals surface area contributed by atoms with Crippen molar-refractivity contribution in [2.75, 3.05) is 13.2 Å². The third-order valence-electron chi connectivity index (χ3n) is 1.74. The Labute approximate surface area is 89.0 Å². The monoisotopic (exact) mass is 234 g/mol. The van der Waals surface area contributed by atoms with E-state index < -0.39 is 7.82 Å². The molecule has 0 aromatic rings. The first-order valence-corrected chi connectivity index (χ1v) is 6.38. The second-order valence-electron chi connectivity index (χ2n) is 2.95. The molecule has 0 bridgehead atoms. The highest BCUT2D eigenvalue weighted by atomic mass is 31.2. The Morgan fingerprint density at radius 1 is 1.27 bits per heavy atom. The quantitative estimate of drug-likeness (QED) is 0.660. The summed E-state index contributed by atoms with van der Waals surface area (Å²) in [7, 11) is -3.52.